The Morgan fingerprint density at radius 2 is 2.06 bits per heavy atom. The Morgan fingerprint density at radius 1 is 1.29 bits per heavy atom. The normalized spacial score (nSPS) is 17.8. The number of aryl methyl sites for hydroxylation is 2. The van der Waals surface area contributed by atoms with E-state index in [1.54, 1.807) is 19.2 Å². The van der Waals surface area contributed by atoms with Crippen LogP contribution in [0, 0.1) is 19.8 Å². The van der Waals surface area contributed by atoms with Crippen LogP contribution in [0.25, 0.3) is 0 Å². The minimum absolute atomic E-state index is 0.0554. The van der Waals surface area contributed by atoms with Crippen LogP contribution >= 0.6 is 22.9 Å². The maximum absolute atomic E-state index is 12.9. The molecule has 0 aliphatic carbocycles. The van der Waals surface area contributed by atoms with Gasteiger partial charge in [-0.3, -0.25) is 9.59 Å². The molecule has 2 aromatic rings. The number of aromatic nitrogens is 3. The molecule has 168 valence electrons. The van der Waals surface area contributed by atoms with Gasteiger partial charge in [-0.15, -0.1) is 11.3 Å². The highest BCUT2D eigenvalue weighted by Crippen LogP contribution is 2.27. The lowest BCUT2D eigenvalue weighted by atomic mass is 9.93. The molecule has 3 heterocycles. The molecule has 3 rings (SSSR count). The molecule has 1 aliphatic heterocycles. The first kappa shape index (κ1) is 23.4. The zero-order valence-corrected chi connectivity index (χ0v) is 19.7. The molecule has 2 aromatic heterocycles. The lowest BCUT2D eigenvalue weighted by Gasteiger charge is -2.24. The fourth-order valence-electron chi connectivity index (χ4n) is 3.91. The summed E-state index contributed by atoms with van der Waals surface area (Å²) < 4.78 is 0. The van der Waals surface area contributed by atoms with Crippen LogP contribution in [0.1, 0.15) is 59.5 Å². The fraction of sp³-hybridized carbons (Fsp3) is 0.571. The second kappa shape index (κ2) is 10.4. The van der Waals surface area contributed by atoms with E-state index in [1.165, 1.54) is 11.3 Å². The first-order chi connectivity index (χ1) is 14.7. The van der Waals surface area contributed by atoms with E-state index in [9.17, 15) is 9.59 Å². The number of hydrogen-bond acceptors (Lipinski definition) is 7. The van der Waals surface area contributed by atoms with Crippen LogP contribution in [-0.2, 0) is 11.2 Å². The van der Waals surface area contributed by atoms with Crippen molar-refractivity contribution in [1.82, 2.24) is 25.2 Å². The van der Waals surface area contributed by atoms with E-state index >= 15 is 0 Å². The zero-order chi connectivity index (χ0) is 22.5. The molecule has 2 unspecified atom stereocenters. The van der Waals surface area contributed by atoms with Crippen molar-refractivity contribution in [3.8, 4) is 0 Å². The largest absolute Gasteiger partial charge is 0.383 e. The molecule has 3 N–H and O–H groups in total. The van der Waals surface area contributed by atoms with Crippen molar-refractivity contribution in [1.29, 1.82) is 0 Å². The highest BCUT2D eigenvalue weighted by molar-refractivity contribution is 7.09. The van der Waals surface area contributed by atoms with Gasteiger partial charge in [0.05, 0.1) is 5.01 Å². The topological polar surface area (TPSA) is 114 Å². The molecule has 1 saturated heterocycles. The number of thiazole rings is 1. The number of hydrogen-bond donors (Lipinski definition) is 2. The summed E-state index contributed by atoms with van der Waals surface area (Å²) in [6.45, 7) is 6.71. The number of amides is 2. The Balaban J connectivity index is 1.51. The summed E-state index contributed by atoms with van der Waals surface area (Å²) in [6.07, 6.45) is 4.52. The van der Waals surface area contributed by atoms with Crippen molar-refractivity contribution in [3.63, 3.8) is 0 Å². The van der Waals surface area contributed by atoms with E-state index in [1.807, 2.05) is 11.8 Å². The Kier molecular flexibility index (Phi) is 7.83. The molecule has 0 bridgehead atoms. The molecule has 2 amide bonds. The van der Waals surface area contributed by atoms with Crippen molar-refractivity contribution in [3.05, 3.63) is 32.6 Å². The molecule has 0 saturated carbocycles. The van der Waals surface area contributed by atoms with Gasteiger partial charge in [0.25, 0.3) is 5.91 Å². The quantitative estimate of drug-likeness (QED) is 0.634. The highest BCUT2D eigenvalue weighted by atomic mass is 35.5. The predicted molar refractivity (Wildman–Crippen MR) is 122 cm³/mol. The minimum atomic E-state index is -0.589. The second-order valence-electron chi connectivity index (χ2n) is 8.03. The number of nitrogens with one attached hydrogen (secondary N) is 1. The molecular weight excluding hydrogens is 436 g/mol. The maximum atomic E-state index is 12.9. The smallest absolute Gasteiger partial charge is 0.271 e. The summed E-state index contributed by atoms with van der Waals surface area (Å²) in [4.78, 5) is 39.6. The fourth-order valence-corrected chi connectivity index (χ4v) is 4.82. The number of rotatable bonds is 6. The molecule has 1 aliphatic rings. The van der Waals surface area contributed by atoms with E-state index < -0.39 is 6.04 Å². The minimum Gasteiger partial charge on any atom is -0.383 e. The molecule has 0 radical (unpaired) electrons. The molecule has 0 aromatic carbocycles. The van der Waals surface area contributed by atoms with Gasteiger partial charge >= 0.3 is 0 Å². The molecule has 10 heteroatoms. The van der Waals surface area contributed by atoms with Crippen LogP contribution in [0.3, 0.4) is 0 Å². The number of nitrogens with zero attached hydrogens (tertiary/aromatic N) is 4. The molecule has 2 atom stereocenters. The monoisotopic (exact) mass is 464 g/mol. The number of nitrogen functional groups attached to an aromatic ring is 1. The molecular formula is C21H29ClN6O2S. The first-order valence-corrected chi connectivity index (χ1v) is 11.8. The lowest BCUT2D eigenvalue weighted by Crippen LogP contribution is -2.47. The van der Waals surface area contributed by atoms with Gasteiger partial charge in [0, 0.05) is 24.0 Å². The third kappa shape index (κ3) is 6.13. The maximum Gasteiger partial charge on any atom is 0.271 e. The molecule has 31 heavy (non-hydrogen) atoms. The summed E-state index contributed by atoms with van der Waals surface area (Å²) in [6, 6.07) is -0.589. The average Bonchev–Trinajstić information content (AvgIpc) is 3.01. The standard InChI is InChI=1S/C21H29ClN6O2S/c1-12(24-20(29)17-11-31-14(3)27-17)21(30)28-9-4-5-15(8-10-28)6-7-16-18(22)25-13(2)26-19(16)23/h11-12,15H,4-10H2,1-3H3,(H,24,29)(H2,23,25,26). The van der Waals surface area contributed by atoms with Crippen LogP contribution in [0.5, 0.6) is 0 Å². The first-order valence-electron chi connectivity index (χ1n) is 10.5. The number of anilines is 1. The summed E-state index contributed by atoms with van der Waals surface area (Å²) in [5.41, 5.74) is 7.18. The van der Waals surface area contributed by atoms with Crippen LogP contribution in [0.15, 0.2) is 5.38 Å². The molecule has 0 spiro atoms. The Bertz CT molecular complexity index is 927. The van der Waals surface area contributed by atoms with E-state index in [0.717, 1.165) is 42.7 Å². The zero-order valence-electron chi connectivity index (χ0n) is 18.2. The number of likely N-dealkylation sites (tertiary alicyclic amines) is 1. The average molecular weight is 465 g/mol. The van der Waals surface area contributed by atoms with Crippen LogP contribution in [0.4, 0.5) is 5.82 Å². The summed E-state index contributed by atoms with van der Waals surface area (Å²) in [7, 11) is 0. The Hall–Kier alpha value is -2.26. The van der Waals surface area contributed by atoms with E-state index in [2.05, 4.69) is 20.3 Å². The van der Waals surface area contributed by atoms with Crippen molar-refractivity contribution in [2.45, 2.75) is 58.9 Å². The SMILES string of the molecule is Cc1nc(N)c(CCC2CCCN(C(=O)C(C)NC(=O)c3csc(C)n3)CC2)c(Cl)n1. The Labute approximate surface area is 191 Å². The van der Waals surface area contributed by atoms with Crippen molar-refractivity contribution >= 4 is 40.6 Å². The number of nitrogens with two attached hydrogens (primary N) is 1. The molecule has 8 nitrogen and oxygen atoms in total. The lowest BCUT2D eigenvalue weighted by molar-refractivity contribution is -0.132. The third-order valence-electron chi connectivity index (χ3n) is 5.63. The van der Waals surface area contributed by atoms with Crippen LogP contribution in [0.2, 0.25) is 5.15 Å². The van der Waals surface area contributed by atoms with Crippen molar-refractivity contribution < 1.29 is 9.59 Å². The van der Waals surface area contributed by atoms with E-state index in [4.69, 9.17) is 17.3 Å². The van der Waals surface area contributed by atoms with Crippen molar-refractivity contribution in [2.24, 2.45) is 5.92 Å². The van der Waals surface area contributed by atoms with E-state index in [0.29, 0.717) is 41.5 Å². The number of carbonyl (C=O) groups is 2. The highest BCUT2D eigenvalue weighted by Gasteiger charge is 2.26. The molecule has 1 fully saturated rings. The Morgan fingerprint density at radius 3 is 2.74 bits per heavy atom. The van der Waals surface area contributed by atoms with Gasteiger partial charge in [-0.25, -0.2) is 15.0 Å². The summed E-state index contributed by atoms with van der Waals surface area (Å²) in [5.74, 6) is 1.12. The van der Waals surface area contributed by atoms with Crippen LogP contribution < -0.4 is 11.1 Å². The van der Waals surface area contributed by atoms with Gasteiger partial charge < -0.3 is 16.0 Å². The van der Waals surface area contributed by atoms with Gasteiger partial charge in [0.1, 0.15) is 28.5 Å². The van der Waals surface area contributed by atoms with Gasteiger partial charge in [-0.05, 0) is 58.8 Å². The predicted octanol–water partition coefficient (Wildman–Crippen LogP) is 3.17. The van der Waals surface area contributed by atoms with Crippen molar-refractivity contribution in [2.75, 3.05) is 18.8 Å². The van der Waals surface area contributed by atoms with Gasteiger partial charge in [0.2, 0.25) is 5.91 Å². The van der Waals surface area contributed by atoms with E-state index in [-0.39, 0.29) is 11.8 Å². The van der Waals surface area contributed by atoms with Gasteiger partial charge in [-0.1, -0.05) is 11.6 Å². The second-order valence-corrected chi connectivity index (χ2v) is 9.45. The summed E-state index contributed by atoms with van der Waals surface area (Å²) in [5, 5.41) is 5.73. The third-order valence-corrected chi connectivity index (χ3v) is 6.72. The summed E-state index contributed by atoms with van der Waals surface area (Å²) >= 11 is 7.66. The number of halogens is 1. The van der Waals surface area contributed by atoms with Crippen LogP contribution in [-0.4, -0.2) is 50.8 Å². The number of carbonyl (C=O) groups excluding carboxylic acids is 2. The van der Waals surface area contributed by atoms with Gasteiger partial charge in [-0.2, -0.15) is 0 Å². The van der Waals surface area contributed by atoms with Gasteiger partial charge in [0.15, 0.2) is 0 Å².